The van der Waals surface area contributed by atoms with Crippen LogP contribution in [-0.2, 0) is 17.1 Å². The molecule has 0 fully saturated rings. The lowest BCUT2D eigenvalue weighted by Gasteiger charge is -2.21. The molecule has 0 aliphatic rings. The van der Waals surface area contributed by atoms with Gasteiger partial charge in [-0.05, 0) is 43.7 Å². The predicted octanol–water partition coefficient (Wildman–Crippen LogP) is 3.77. The second-order valence-corrected chi connectivity index (χ2v) is 9.11. The van der Waals surface area contributed by atoms with Crippen LogP contribution in [0.25, 0.3) is 0 Å². The SMILES string of the molecule is Cc1ccc(S(=O)(=O)N(C)c2c(C(=O)Nc3cc(Cl)ccc3C)cnn2C)cc1. The molecule has 0 aliphatic heterocycles. The van der Waals surface area contributed by atoms with Crippen LogP contribution >= 0.6 is 11.6 Å². The number of aryl methyl sites for hydroxylation is 3. The van der Waals surface area contributed by atoms with Crippen molar-refractivity contribution in [2.24, 2.45) is 7.05 Å². The molecule has 29 heavy (non-hydrogen) atoms. The zero-order valence-corrected chi connectivity index (χ0v) is 18.0. The fourth-order valence-electron chi connectivity index (χ4n) is 2.87. The molecule has 1 N–H and O–H groups in total. The smallest absolute Gasteiger partial charge is 0.265 e. The van der Waals surface area contributed by atoms with E-state index >= 15 is 0 Å². The summed E-state index contributed by atoms with van der Waals surface area (Å²) in [6, 6.07) is 11.7. The van der Waals surface area contributed by atoms with Crippen molar-refractivity contribution in [1.29, 1.82) is 0 Å². The van der Waals surface area contributed by atoms with Crippen LogP contribution in [0.15, 0.2) is 53.6 Å². The minimum absolute atomic E-state index is 0.129. The maximum absolute atomic E-state index is 13.1. The van der Waals surface area contributed by atoms with E-state index in [1.54, 1.807) is 37.4 Å². The van der Waals surface area contributed by atoms with Crippen molar-refractivity contribution in [3.8, 4) is 0 Å². The minimum Gasteiger partial charge on any atom is -0.322 e. The summed E-state index contributed by atoms with van der Waals surface area (Å²) in [7, 11) is -0.896. The molecule has 0 saturated carbocycles. The second-order valence-electron chi connectivity index (χ2n) is 6.70. The number of anilines is 2. The summed E-state index contributed by atoms with van der Waals surface area (Å²) in [6.07, 6.45) is 1.34. The molecule has 0 saturated heterocycles. The third-order valence-electron chi connectivity index (χ3n) is 4.58. The maximum atomic E-state index is 13.1. The van der Waals surface area contributed by atoms with Crippen LogP contribution in [0.2, 0.25) is 5.02 Å². The molecule has 3 aromatic rings. The van der Waals surface area contributed by atoms with Crippen molar-refractivity contribution < 1.29 is 13.2 Å². The number of nitrogens with one attached hydrogen (secondary N) is 1. The molecule has 1 aromatic heterocycles. The number of halogens is 1. The second kappa shape index (κ2) is 7.88. The van der Waals surface area contributed by atoms with E-state index in [4.69, 9.17) is 11.6 Å². The summed E-state index contributed by atoms with van der Waals surface area (Å²) in [5.41, 5.74) is 2.45. The van der Waals surface area contributed by atoms with Crippen LogP contribution in [0.1, 0.15) is 21.5 Å². The van der Waals surface area contributed by atoms with Gasteiger partial charge >= 0.3 is 0 Å². The van der Waals surface area contributed by atoms with Crippen LogP contribution in [0.4, 0.5) is 11.5 Å². The van der Waals surface area contributed by atoms with E-state index in [2.05, 4.69) is 10.4 Å². The van der Waals surface area contributed by atoms with Gasteiger partial charge in [-0.25, -0.2) is 8.42 Å². The summed E-state index contributed by atoms with van der Waals surface area (Å²) < 4.78 is 28.5. The fourth-order valence-corrected chi connectivity index (χ4v) is 4.28. The fraction of sp³-hybridized carbons (Fsp3) is 0.200. The maximum Gasteiger partial charge on any atom is 0.265 e. The Labute approximate surface area is 175 Å². The zero-order chi connectivity index (χ0) is 21.3. The lowest BCUT2D eigenvalue weighted by Crippen LogP contribution is -2.30. The van der Waals surface area contributed by atoms with Crippen molar-refractivity contribution in [1.82, 2.24) is 9.78 Å². The number of amides is 1. The molecule has 3 rings (SSSR count). The van der Waals surface area contributed by atoms with Crippen LogP contribution in [-0.4, -0.2) is 31.2 Å². The Morgan fingerprint density at radius 1 is 1.14 bits per heavy atom. The number of sulfonamides is 1. The number of rotatable bonds is 5. The number of aromatic nitrogens is 2. The number of hydrogen-bond acceptors (Lipinski definition) is 4. The molecule has 0 radical (unpaired) electrons. The number of carbonyl (C=O) groups excluding carboxylic acids is 1. The first-order valence-corrected chi connectivity index (χ1v) is 10.6. The van der Waals surface area contributed by atoms with Crippen molar-refractivity contribution >= 4 is 39.0 Å². The first-order chi connectivity index (χ1) is 13.6. The lowest BCUT2D eigenvalue weighted by molar-refractivity contribution is 0.102. The van der Waals surface area contributed by atoms with E-state index in [0.717, 1.165) is 15.4 Å². The normalized spacial score (nSPS) is 11.3. The van der Waals surface area contributed by atoms with Crippen molar-refractivity contribution in [3.05, 3.63) is 70.4 Å². The monoisotopic (exact) mass is 432 g/mol. The van der Waals surface area contributed by atoms with Crippen LogP contribution < -0.4 is 9.62 Å². The average Bonchev–Trinajstić information content (AvgIpc) is 3.05. The molecule has 0 atom stereocenters. The van der Waals surface area contributed by atoms with Crippen molar-refractivity contribution in [3.63, 3.8) is 0 Å². The predicted molar refractivity (Wildman–Crippen MR) is 114 cm³/mol. The Kier molecular flexibility index (Phi) is 5.68. The molecule has 7 nitrogen and oxygen atoms in total. The van der Waals surface area contributed by atoms with Gasteiger partial charge in [-0.1, -0.05) is 35.4 Å². The summed E-state index contributed by atoms with van der Waals surface area (Å²) in [6.45, 7) is 3.71. The van der Waals surface area contributed by atoms with Gasteiger partial charge in [0, 0.05) is 24.8 Å². The van der Waals surface area contributed by atoms with Crippen LogP contribution in [0, 0.1) is 13.8 Å². The van der Waals surface area contributed by atoms with E-state index in [-0.39, 0.29) is 16.3 Å². The molecule has 1 amide bonds. The molecule has 0 aliphatic carbocycles. The molecular formula is C20H21ClN4O3S. The van der Waals surface area contributed by atoms with Gasteiger partial charge in [0.2, 0.25) is 0 Å². The Morgan fingerprint density at radius 3 is 2.45 bits per heavy atom. The minimum atomic E-state index is -3.87. The first kappa shape index (κ1) is 20.9. The quantitative estimate of drug-likeness (QED) is 0.665. The van der Waals surface area contributed by atoms with Gasteiger partial charge in [0.05, 0.1) is 11.1 Å². The molecule has 152 valence electrons. The Hall–Kier alpha value is -2.84. The van der Waals surface area contributed by atoms with Gasteiger partial charge in [-0.2, -0.15) is 5.10 Å². The number of benzene rings is 2. The summed E-state index contributed by atoms with van der Waals surface area (Å²) in [5, 5.41) is 7.34. The van der Waals surface area contributed by atoms with Gasteiger partial charge < -0.3 is 5.32 Å². The number of carbonyl (C=O) groups is 1. The van der Waals surface area contributed by atoms with E-state index < -0.39 is 15.9 Å². The molecule has 1 heterocycles. The lowest BCUT2D eigenvalue weighted by atomic mass is 10.2. The first-order valence-electron chi connectivity index (χ1n) is 8.76. The van der Waals surface area contributed by atoms with Gasteiger partial charge in [0.15, 0.2) is 5.82 Å². The van der Waals surface area contributed by atoms with E-state index in [1.165, 1.54) is 30.1 Å². The van der Waals surface area contributed by atoms with Crippen LogP contribution in [0.5, 0.6) is 0 Å². The third-order valence-corrected chi connectivity index (χ3v) is 6.57. The van der Waals surface area contributed by atoms with E-state index in [0.29, 0.717) is 10.7 Å². The molecule has 2 aromatic carbocycles. The highest BCUT2D eigenvalue weighted by atomic mass is 35.5. The topological polar surface area (TPSA) is 84.3 Å². The third kappa shape index (κ3) is 4.13. The standard InChI is InChI=1S/C20H21ClN4O3S/c1-13-5-9-16(10-6-13)29(27,28)25(4)20-17(12-22-24(20)3)19(26)23-18-11-15(21)8-7-14(18)2/h5-12H,1-4H3,(H,23,26). The summed E-state index contributed by atoms with van der Waals surface area (Å²) in [4.78, 5) is 13.0. The highest BCUT2D eigenvalue weighted by Crippen LogP contribution is 2.27. The Bertz CT molecular complexity index is 1170. The Balaban J connectivity index is 1.97. The summed E-state index contributed by atoms with van der Waals surface area (Å²) in [5.74, 6) is -0.327. The van der Waals surface area contributed by atoms with Gasteiger partial charge in [0.1, 0.15) is 5.56 Å². The molecule has 9 heteroatoms. The molecule has 0 unspecified atom stereocenters. The summed E-state index contributed by atoms with van der Waals surface area (Å²) >= 11 is 6.02. The Morgan fingerprint density at radius 2 is 1.79 bits per heavy atom. The highest BCUT2D eigenvalue weighted by molar-refractivity contribution is 7.92. The largest absolute Gasteiger partial charge is 0.322 e. The van der Waals surface area contributed by atoms with Gasteiger partial charge in [-0.3, -0.25) is 13.8 Å². The molecular weight excluding hydrogens is 412 g/mol. The van der Waals surface area contributed by atoms with Gasteiger partial charge in [-0.15, -0.1) is 0 Å². The molecule has 0 bridgehead atoms. The van der Waals surface area contributed by atoms with Gasteiger partial charge in [0.25, 0.3) is 15.9 Å². The highest BCUT2D eigenvalue weighted by Gasteiger charge is 2.28. The van der Waals surface area contributed by atoms with Crippen LogP contribution in [0.3, 0.4) is 0 Å². The van der Waals surface area contributed by atoms with E-state index in [1.807, 2.05) is 13.8 Å². The zero-order valence-electron chi connectivity index (χ0n) is 16.5. The average molecular weight is 433 g/mol. The van der Waals surface area contributed by atoms with Crippen molar-refractivity contribution in [2.75, 3.05) is 16.7 Å². The van der Waals surface area contributed by atoms with E-state index in [9.17, 15) is 13.2 Å². The van der Waals surface area contributed by atoms with Crippen molar-refractivity contribution in [2.45, 2.75) is 18.7 Å². The number of hydrogen-bond donors (Lipinski definition) is 1. The molecule has 0 spiro atoms. The number of nitrogens with zero attached hydrogens (tertiary/aromatic N) is 3.